The first-order valence-corrected chi connectivity index (χ1v) is 9.14. The lowest BCUT2D eigenvalue weighted by atomic mass is 9.87. The predicted molar refractivity (Wildman–Crippen MR) is 86.5 cm³/mol. The van der Waals surface area contributed by atoms with Crippen molar-refractivity contribution in [3.63, 3.8) is 0 Å². The summed E-state index contributed by atoms with van der Waals surface area (Å²) in [6.45, 7) is 0.476. The zero-order chi connectivity index (χ0) is 15.3. The first-order valence-electron chi connectivity index (χ1n) is 7.24. The van der Waals surface area contributed by atoms with Crippen LogP contribution in [0.3, 0.4) is 0 Å². The summed E-state index contributed by atoms with van der Waals surface area (Å²) in [6, 6.07) is 3.00. The Kier molecular flexibility index (Phi) is 5.66. The second kappa shape index (κ2) is 7.29. The van der Waals surface area contributed by atoms with Crippen molar-refractivity contribution in [3.8, 4) is 0 Å². The van der Waals surface area contributed by atoms with Gasteiger partial charge < -0.3 is 5.73 Å². The minimum absolute atomic E-state index is 0.145. The normalized spacial score (nSPS) is 16.8. The molecule has 0 saturated heterocycles. The molecule has 1 aromatic rings. The summed E-state index contributed by atoms with van der Waals surface area (Å²) in [5.41, 5.74) is 5.86. The van der Waals surface area contributed by atoms with Crippen molar-refractivity contribution < 1.29 is 8.42 Å². The van der Waals surface area contributed by atoms with Crippen LogP contribution in [0.2, 0.25) is 0 Å². The lowest BCUT2D eigenvalue weighted by Crippen LogP contribution is -2.27. The number of nitrogens with two attached hydrogens (primary N) is 1. The molecule has 5 nitrogen and oxygen atoms in total. The molecular formula is C14H21N3O2S2. The number of thiocarbonyl (C=S) groups is 1. The smallest absolute Gasteiger partial charge is 0.242 e. The van der Waals surface area contributed by atoms with Crippen LogP contribution >= 0.6 is 12.2 Å². The minimum Gasteiger partial charge on any atom is -0.388 e. The molecule has 1 fully saturated rings. The van der Waals surface area contributed by atoms with Crippen LogP contribution in [0, 0.1) is 5.92 Å². The molecule has 1 aliphatic rings. The number of sulfonamides is 1. The van der Waals surface area contributed by atoms with Gasteiger partial charge in [0.15, 0.2) is 0 Å². The monoisotopic (exact) mass is 327 g/mol. The van der Waals surface area contributed by atoms with Gasteiger partial charge in [0, 0.05) is 12.7 Å². The second-order valence-corrected chi connectivity index (χ2v) is 7.64. The maximum atomic E-state index is 12.1. The van der Waals surface area contributed by atoms with E-state index in [4.69, 9.17) is 18.0 Å². The van der Waals surface area contributed by atoms with Crippen molar-refractivity contribution in [2.24, 2.45) is 11.7 Å². The van der Waals surface area contributed by atoms with Crippen molar-refractivity contribution >= 4 is 27.2 Å². The van der Waals surface area contributed by atoms with Crippen LogP contribution in [-0.2, 0) is 10.0 Å². The third-order valence-corrected chi connectivity index (χ3v) is 5.52. The molecule has 0 unspecified atom stereocenters. The number of pyridine rings is 1. The van der Waals surface area contributed by atoms with Crippen molar-refractivity contribution in [2.45, 2.75) is 43.4 Å². The first kappa shape index (κ1) is 16.3. The predicted octanol–water partition coefficient (Wildman–Crippen LogP) is 1.96. The second-order valence-electron chi connectivity index (χ2n) is 5.43. The molecule has 1 saturated carbocycles. The van der Waals surface area contributed by atoms with E-state index in [1.54, 1.807) is 0 Å². The molecule has 21 heavy (non-hydrogen) atoms. The maximum absolute atomic E-state index is 12.1. The van der Waals surface area contributed by atoms with Crippen molar-refractivity contribution in [2.75, 3.05) is 6.54 Å². The van der Waals surface area contributed by atoms with Crippen molar-refractivity contribution in [1.82, 2.24) is 9.71 Å². The van der Waals surface area contributed by atoms with Crippen molar-refractivity contribution in [1.29, 1.82) is 0 Å². The Morgan fingerprint density at radius 1 is 1.33 bits per heavy atom. The van der Waals surface area contributed by atoms with Gasteiger partial charge in [-0.2, -0.15) is 0 Å². The highest BCUT2D eigenvalue weighted by atomic mass is 32.2. The van der Waals surface area contributed by atoms with Gasteiger partial charge in [0.2, 0.25) is 10.0 Å². The molecule has 3 N–H and O–H groups in total. The van der Waals surface area contributed by atoms with Crippen molar-refractivity contribution in [3.05, 3.63) is 24.0 Å². The summed E-state index contributed by atoms with van der Waals surface area (Å²) in [4.78, 5) is 4.26. The molecule has 0 radical (unpaired) electrons. The van der Waals surface area contributed by atoms with E-state index in [-0.39, 0.29) is 9.88 Å². The van der Waals surface area contributed by atoms with Crippen LogP contribution in [0.25, 0.3) is 0 Å². The topological polar surface area (TPSA) is 85.1 Å². The Hall–Kier alpha value is -1.05. The molecule has 0 bridgehead atoms. The average Bonchev–Trinajstić information content (AvgIpc) is 2.48. The largest absolute Gasteiger partial charge is 0.388 e. The fraction of sp³-hybridized carbons (Fsp3) is 0.571. The van der Waals surface area contributed by atoms with Crippen LogP contribution in [0.5, 0.6) is 0 Å². The van der Waals surface area contributed by atoms with Crippen LogP contribution in [0.15, 0.2) is 23.2 Å². The molecule has 0 amide bonds. The Balaban J connectivity index is 1.90. The highest BCUT2D eigenvalue weighted by molar-refractivity contribution is 7.89. The van der Waals surface area contributed by atoms with E-state index in [2.05, 4.69) is 9.71 Å². The fourth-order valence-corrected chi connectivity index (χ4v) is 3.75. The number of hydrogen-bond donors (Lipinski definition) is 2. The Morgan fingerprint density at radius 2 is 2.05 bits per heavy atom. The molecule has 1 heterocycles. The lowest BCUT2D eigenvalue weighted by Gasteiger charge is -2.21. The Morgan fingerprint density at radius 3 is 2.62 bits per heavy atom. The Labute approximate surface area is 131 Å². The zero-order valence-electron chi connectivity index (χ0n) is 11.9. The molecule has 1 aliphatic carbocycles. The molecule has 0 aromatic carbocycles. The van der Waals surface area contributed by atoms with E-state index in [9.17, 15) is 8.42 Å². The first-order chi connectivity index (χ1) is 9.99. The maximum Gasteiger partial charge on any atom is 0.242 e. The minimum atomic E-state index is -3.50. The molecule has 7 heteroatoms. The molecule has 0 atom stereocenters. The molecule has 1 aromatic heterocycles. The van der Waals surface area contributed by atoms with Crippen LogP contribution in [0.4, 0.5) is 0 Å². The highest BCUT2D eigenvalue weighted by Gasteiger charge is 2.17. The van der Waals surface area contributed by atoms with Gasteiger partial charge in [-0.25, -0.2) is 13.1 Å². The third-order valence-electron chi connectivity index (χ3n) is 3.87. The number of nitrogens with zero attached hydrogens (tertiary/aromatic N) is 1. The van der Waals surface area contributed by atoms with Gasteiger partial charge in [-0.05, 0) is 24.5 Å². The highest BCUT2D eigenvalue weighted by Crippen LogP contribution is 2.25. The van der Waals surface area contributed by atoms with Gasteiger partial charge in [0.05, 0.1) is 5.69 Å². The van der Waals surface area contributed by atoms with E-state index in [0.29, 0.717) is 18.2 Å². The summed E-state index contributed by atoms with van der Waals surface area (Å²) >= 11 is 4.79. The lowest BCUT2D eigenvalue weighted by molar-refractivity contribution is 0.339. The number of aromatic nitrogens is 1. The summed E-state index contributed by atoms with van der Waals surface area (Å²) in [5, 5.41) is 0. The summed E-state index contributed by atoms with van der Waals surface area (Å²) < 4.78 is 26.9. The summed E-state index contributed by atoms with van der Waals surface area (Å²) in [5.74, 6) is 0.650. The van der Waals surface area contributed by atoms with E-state index in [0.717, 1.165) is 6.42 Å². The molecule has 116 valence electrons. The van der Waals surface area contributed by atoms with E-state index < -0.39 is 10.0 Å². The SMILES string of the molecule is NC(=S)c1ccc(S(=O)(=O)NCCC2CCCCC2)cn1. The van der Waals surface area contributed by atoms with E-state index in [1.165, 1.54) is 50.4 Å². The standard InChI is InChI=1S/C14H21N3O2S2/c15-14(20)13-7-6-12(10-16-13)21(18,19)17-9-8-11-4-2-1-3-5-11/h6-7,10-11,17H,1-5,8-9H2,(H2,15,20). The molecule has 2 rings (SSSR count). The number of rotatable bonds is 6. The Bertz CT molecular complexity index is 579. The van der Waals surface area contributed by atoms with Crippen LogP contribution in [0.1, 0.15) is 44.2 Å². The summed E-state index contributed by atoms with van der Waals surface area (Å²) in [7, 11) is -3.50. The fourth-order valence-electron chi connectivity index (χ4n) is 2.64. The van der Waals surface area contributed by atoms with Gasteiger partial charge in [0.1, 0.15) is 9.88 Å². The van der Waals surface area contributed by atoms with Crippen LogP contribution < -0.4 is 10.5 Å². The molecular weight excluding hydrogens is 306 g/mol. The third kappa shape index (κ3) is 4.72. The number of nitrogens with one attached hydrogen (secondary N) is 1. The van der Waals surface area contributed by atoms with Gasteiger partial charge in [-0.3, -0.25) is 4.98 Å². The average molecular weight is 327 g/mol. The van der Waals surface area contributed by atoms with Crippen LogP contribution in [-0.4, -0.2) is 24.9 Å². The van der Waals surface area contributed by atoms with E-state index >= 15 is 0 Å². The van der Waals surface area contributed by atoms with Gasteiger partial charge in [-0.1, -0.05) is 44.3 Å². The van der Waals surface area contributed by atoms with Gasteiger partial charge >= 0.3 is 0 Å². The molecule has 0 aliphatic heterocycles. The number of hydrogen-bond acceptors (Lipinski definition) is 4. The molecule has 0 spiro atoms. The zero-order valence-corrected chi connectivity index (χ0v) is 13.5. The van der Waals surface area contributed by atoms with Gasteiger partial charge in [0.25, 0.3) is 0 Å². The summed E-state index contributed by atoms with van der Waals surface area (Å²) in [6.07, 6.45) is 8.46. The van der Waals surface area contributed by atoms with Gasteiger partial charge in [-0.15, -0.1) is 0 Å². The van der Waals surface area contributed by atoms with E-state index in [1.807, 2.05) is 0 Å². The quantitative estimate of drug-likeness (QED) is 0.780.